The number of nitrogens with zero attached hydrogens (tertiary/aromatic N) is 4. The second kappa shape index (κ2) is 9.61. The standard InChI is InChI=1S/C23H23ClN6O3S/c1-4-10-26-20-17-21(29-16(28-20)9-7-13-6-8-15(24)34-13)30(12-27-17)14-11-23(5-2,22(33)25-3)19(32)18(14)31/h2,6,8,12,14,18-19,31-32H,4,10-11H2,1,3H3,(H,25,33)(H,26,28,29)/t14-,18+,19+,23+/m1/s1. The summed E-state index contributed by atoms with van der Waals surface area (Å²) in [6.07, 6.45) is 5.27. The number of halogens is 1. The maximum Gasteiger partial charge on any atom is 0.240 e. The summed E-state index contributed by atoms with van der Waals surface area (Å²) in [5, 5.41) is 27.3. The molecule has 1 amide bonds. The van der Waals surface area contributed by atoms with Gasteiger partial charge in [-0.2, -0.15) is 0 Å². The third-order valence-electron chi connectivity index (χ3n) is 5.84. The van der Waals surface area contributed by atoms with E-state index in [9.17, 15) is 15.0 Å². The van der Waals surface area contributed by atoms with Gasteiger partial charge in [-0.25, -0.2) is 15.0 Å². The zero-order valence-electron chi connectivity index (χ0n) is 18.5. The summed E-state index contributed by atoms with van der Waals surface area (Å²) in [7, 11) is 1.44. The minimum absolute atomic E-state index is 0.00734. The molecule has 0 saturated heterocycles. The first-order chi connectivity index (χ1) is 16.3. The van der Waals surface area contributed by atoms with Crippen LogP contribution in [0.15, 0.2) is 18.5 Å². The fourth-order valence-electron chi connectivity index (χ4n) is 4.08. The van der Waals surface area contributed by atoms with Crippen LogP contribution < -0.4 is 10.6 Å². The van der Waals surface area contributed by atoms with Gasteiger partial charge in [0.25, 0.3) is 0 Å². The predicted octanol–water partition coefficient (Wildman–Crippen LogP) is 1.80. The predicted molar refractivity (Wildman–Crippen MR) is 130 cm³/mol. The SMILES string of the molecule is C#C[C@]1(C(=O)NC)C[C@@H](n2cnc3c(NCCC)nc(C#Cc4ccc(Cl)s4)nc32)[C@H](O)[C@@H]1O. The molecule has 0 aromatic carbocycles. The van der Waals surface area contributed by atoms with E-state index >= 15 is 0 Å². The van der Waals surface area contributed by atoms with Crippen LogP contribution in [0.4, 0.5) is 5.82 Å². The number of aliphatic hydroxyl groups is 2. The number of fused-ring (bicyclic) bond motifs is 1. The zero-order valence-corrected chi connectivity index (χ0v) is 20.1. The van der Waals surface area contributed by atoms with E-state index in [0.717, 1.165) is 11.3 Å². The number of aliphatic hydroxyl groups excluding tert-OH is 2. The number of imidazole rings is 1. The third-order valence-corrected chi connectivity index (χ3v) is 6.98. The van der Waals surface area contributed by atoms with Crippen molar-refractivity contribution in [2.75, 3.05) is 18.9 Å². The number of carbonyl (C=O) groups is 1. The summed E-state index contributed by atoms with van der Waals surface area (Å²) >= 11 is 7.33. The number of hydrogen-bond acceptors (Lipinski definition) is 8. The van der Waals surface area contributed by atoms with Crippen LogP contribution >= 0.6 is 22.9 Å². The van der Waals surface area contributed by atoms with Gasteiger partial charge < -0.3 is 25.4 Å². The Balaban J connectivity index is 1.80. The van der Waals surface area contributed by atoms with Crippen molar-refractivity contribution in [3.05, 3.63) is 33.5 Å². The molecule has 4 atom stereocenters. The summed E-state index contributed by atoms with van der Waals surface area (Å²) in [4.78, 5) is 26.8. The van der Waals surface area contributed by atoms with Crippen molar-refractivity contribution in [2.45, 2.75) is 38.0 Å². The summed E-state index contributed by atoms with van der Waals surface area (Å²) in [5.41, 5.74) is -0.687. The van der Waals surface area contributed by atoms with Gasteiger partial charge >= 0.3 is 0 Å². The molecule has 4 N–H and O–H groups in total. The minimum Gasteiger partial charge on any atom is -0.388 e. The van der Waals surface area contributed by atoms with Gasteiger partial charge in [0, 0.05) is 13.6 Å². The van der Waals surface area contributed by atoms with Crippen LogP contribution in [-0.2, 0) is 4.79 Å². The molecular weight excluding hydrogens is 476 g/mol. The number of amides is 1. The molecule has 1 aliphatic rings. The number of anilines is 1. The topological polar surface area (TPSA) is 125 Å². The lowest BCUT2D eigenvalue weighted by molar-refractivity contribution is -0.133. The number of terminal acetylenes is 1. The molecular formula is C23H23ClN6O3S. The molecule has 3 aromatic heterocycles. The van der Waals surface area contributed by atoms with Gasteiger partial charge in [0.05, 0.1) is 21.6 Å². The van der Waals surface area contributed by atoms with Crippen molar-refractivity contribution >= 4 is 45.8 Å². The second-order valence-corrected chi connectivity index (χ2v) is 9.62. The molecule has 1 aliphatic carbocycles. The molecule has 34 heavy (non-hydrogen) atoms. The van der Waals surface area contributed by atoms with Crippen LogP contribution in [0.2, 0.25) is 4.34 Å². The molecule has 1 fully saturated rings. The maximum absolute atomic E-state index is 12.5. The van der Waals surface area contributed by atoms with Crippen molar-refractivity contribution in [1.82, 2.24) is 24.8 Å². The smallest absolute Gasteiger partial charge is 0.240 e. The Labute approximate surface area is 205 Å². The molecule has 1 saturated carbocycles. The highest BCUT2D eigenvalue weighted by atomic mass is 35.5. The highest BCUT2D eigenvalue weighted by molar-refractivity contribution is 7.16. The molecule has 0 unspecified atom stereocenters. The van der Waals surface area contributed by atoms with Crippen molar-refractivity contribution < 1.29 is 15.0 Å². The van der Waals surface area contributed by atoms with E-state index < -0.39 is 29.6 Å². The normalized spacial score (nSPS) is 23.8. The molecule has 3 aromatic rings. The van der Waals surface area contributed by atoms with Crippen molar-refractivity contribution in [1.29, 1.82) is 0 Å². The average Bonchev–Trinajstić information content (AvgIpc) is 3.52. The molecule has 0 bridgehead atoms. The number of aromatic nitrogens is 4. The van der Waals surface area contributed by atoms with Gasteiger partial charge in [0.1, 0.15) is 17.6 Å². The number of rotatable bonds is 5. The Bertz CT molecular complexity index is 1340. The van der Waals surface area contributed by atoms with Crippen LogP contribution in [-0.4, -0.2) is 61.4 Å². The quantitative estimate of drug-likeness (QED) is 0.395. The van der Waals surface area contributed by atoms with Gasteiger partial charge in [-0.15, -0.1) is 17.8 Å². The Morgan fingerprint density at radius 2 is 2.18 bits per heavy atom. The number of thiophene rings is 1. The largest absolute Gasteiger partial charge is 0.388 e. The van der Waals surface area contributed by atoms with Gasteiger partial charge in [0.2, 0.25) is 11.7 Å². The Morgan fingerprint density at radius 1 is 1.38 bits per heavy atom. The van der Waals surface area contributed by atoms with E-state index in [1.165, 1.54) is 24.7 Å². The fourth-order valence-corrected chi connectivity index (χ4v) is 4.97. The van der Waals surface area contributed by atoms with Gasteiger partial charge in [-0.05, 0) is 36.8 Å². The first-order valence-electron chi connectivity index (χ1n) is 10.7. The van der Waals surface area contributed by atoms with Crippen LogP contribution in [0.1, 0.15) is 36.5 Å². The van der Waals surface area contributed by atoms with Crippen LogP contribution in [0.5, 0.6) is 0 Å². The van der Waals surface area contributed by atoms with E-state index in [2.05, 4.69) is 43.3 Å². The highest BCUT2D eigenvalue weighted by Gasteiger charge is 2.57. The summed E-state index contributed by atoms with van der Waals surface area (Å²) in [6, 6.07) is 2.84. The van der Waals surface area contributed by atoms with E-state index in [-0.39, 0.29) is 12.2 Å². The second-order valence-electron chi connectivity index (χ2n) is 7.90. The van der Waals surface area contributed by atoms with Crippen LogP contribution in [0, 0.1) is 29.6 Å². The van der Waals surface area contributed by atoms with Crippen molar-refractivity contribution in [3.63, 3.8) is 0 Å². The minimum atomic E-state index is -1.58. The monoisotopic (exact) mass is 498 g/mol. The molecule has 0 radical (unpaired) electrons. The van der Waals surface area contributed by atoms with Crippen LogP contribution in [0.25, 0.3) is 11.2 Å². The first-order valence-corrected chi connectivity index (χ1v) is 11.9. The van der Waals surface area contributed by atoms with E-state index in [0.29, 0.717) is 27.9 Å². The highest BCUT2D eigenvalue weighted by Crippen LogP contribution is 2.45. The van der Waals surface area contributed by atoms with Crippen molar-refractivity contribution in [3.8, 4) is 24.2 Å². The number of hydrogen-bond donors (Lipinski definition) is 4. The first kappa shape index (κ1) is 24.0. The van der Waals surface area contributed by atoms with Gasteiger partial charge in [-0.3, -0.25) is 4.79 Å². The molecule has 176 valence electrons. The van der Waals surface area contributed by atoms with Crippen LogP contribution in [0.3, 0.4) is 0 Å². The van der Waals surface area contributed by atoms with Gasteiger partial charge in [-0.1, -0.05) is 24.4 Å². The molecule has 4 rings (SSSR count). The Morgan fingerprint density at radius 3 is 2.82 bits per heavy atom. The summed E-state index contributed by atoms with van der Waals surface area (Å²) in [6.45, 7) is 2.69. The zero-order chi connectivity index (χ0) is 24.5. The Hall–Kier alpha value is -3.15. The molecule has 9 nitrogen and oxygen atoms in total. The molecule has 0 spiro atoms. The summed E-state index contributed by atoms with van der Waals surface area (Å²) < 4.78 is 2.25. The lowest BCUT2D eigenvalue weighted by atomic mass is 9.83. The third kappa shape index (κ3) is 4.10. The van der Waals surface area contributed by atoms with E-state index in [1.807, 2.05) is 13.0 Å². The molecule has 11 heteroatoms. The maximum atomic E-state index is 12.5. The van der Waals surface area contributed by atoms with E-state index in [4.69, 9.17) is 18.0 Å². The van der Waals surface area contributed by atoms with E-state index in [1.54, 1.807) is 10.6 Å². The number of carbonyl (C=O) groups excluding carboxylic acids is 1. The summed E-state index contributed by atoms with van der Waals surface area (Å²) in [5.74, 6) is 8.59. The average molecular weight is 499 g/mol. The molecule has 3 heterocycles. The van der Waals surface area contributed by atoms with Crippen molar-refractivity contribution in [2.24, 2.45) is 5.41 Å². The molecule has 0 aliphatic heterocycles. The Kier molecular flexibility index (Phi) is 6.78. The number of nitrogens with one attached hydrogen (secondary N) is 2. The lowest BCUT2D eigenvalue weighted by Crippen LogP contribution is -2.46. The van der Waals surface area contributed by atoms with Gasteiger partial charge in [0.15, 0.2) is 17.0 Å². The fraction of sp³-hybridized carbons (Fsp3) is 0.391. The lowest BCUT2D eigenvalue weighted by Gasteiger charge is -2.24.